The average molecular weight is 607 g/mol. The van der Waals surface area contributed by atoms with E-state index < -0.39 is 30.6 Å². The summed E-state index contributed by atoms with van der Waals surface area (Å²) in [6.07, 6.45) is -6.10. The van der Waals surface area contributed by atoms with Crippen LogP contribution in [0.5, 0.6) is 5.75 Å². The summed E-state index contributed by atoms with van der Waals surface area (Å²) in [6, 6.07) is 12.2. The van der Waals surface area contributed by atoms with Crippen LogP contribution in [-0.4, -0.2) is 28.7 Å². The van der Waals surface area contributed by atoms with Gasteiger partial charge in [-0.3, -0.25) is 0 Å². The average Bonchev–Trinajstić information content (AvgIpc) is 2.93. The summed E-state index contributed by atoms with van der Waals surface area (Å²) < 4.78 is 103. The summed E-state index contributed by atoms with van der Waals surface area (Å²) >= 11 is 0. The van der Waals surface area contributed by atoms with Crippen LogP contribution in [0.2, 0.25) is 0 Å². The van der Waals surface area contributed by atoms with E-state index in [0.717, 1.165) is 31.7 Å². The van der Waals surface area contributed by atoms with Crippen molar-refractivity contribution in [1.29, 1.82) is 0 Å². The molecule has 0 fully saturated rings. The van der Waals surface area contributed by atoms with Gasteiger partial charge in [0.2, 0.25) is 5.95 Å². The van der Waals surface area contributed by atoms with Crippen molar-refractivity contribution in [2.75, 3.05) is 0 Å². The molecule has 234 valence electrons. The largest absolute Gasteiger partial charge is 0.461 e. The second-order valence-corrected chi connectivity index (χ2v) is 8.69. The topological polar surface area (TPSA) is 35.0 Å². The molecule has 0 spiro atoms. The predicted molar refractivity (Wildman–Crippen MR) is 150 cm³/mol. The molecule has 2 aromatic carbocycles. The highest BCUT2D eigenvalue weighted by atomic mass is 19.3. The van der Waals surface area contributed by atoms with Gasteiger partial charge < -0.3 is 4.74 Å². The molecule has 1 atom stereocenters. The molecule has 3 nitrogen and oxygen atoms in total. The van der Waals surface area contributed by atoms with E-state index in [9.17, 15) is 35.1 Å². The number of aromatic nitrogens is 2. The number of hydrogen-bond donors (Lipinski definition) is 0. The van der Waals surface area contributed by atoms with Gasteiger partial charge in [-0.25, -0.2) is 14.4 Å². The molecule has 0 saturated heterocycles. The highest BCUT2D eigenvalue weighted by molar-refractivity contribution is 5.48. The van der Waals surface area contributed by atoms with Crippen LogP contribution in [-0.2, 0) is 12.3 Å². The number of rotatable bonds is 9. The molecule has 1 unspecified atom stereocenters. The monoisotopic (exact) mass is 606 g/mol. The third kappa shape index (κ3) is 13.9. The second kappa shape index (κ2) is 18.8. The quantitative estimate of drug-likeness (QED) is 0.180. The molecular weight excluding hydrogens is 568 g/mol. The van der Waals surface area contributed by atoms with Crippen LogP contribution in [0.1, 0.15) is 68.7 Å². The van der Waals surface area contributed by atoms with Crippen molar-refractivity contribution in [3.8, 4) is 5.75 Å². The zero-order chi connectivity index (χ0) is 32.5. The molecule has 0 N–H and O–H groups in total. The van der Waals surface area contributed by atoms with Crippen molar-refractivity contribution >= 4 is 6.08 Å². The van der Waals surface area contributed by atoms with Gasteiger partial charge in [0.1, 0.15) is 11.6 Å². The zero-order valence-corrected chi connectivity index (χ0v) is 24.6. The maximum atomic E-state index is 13.0. The standard InChI is InChI=1S/C10H8F4O.C10H11F3.C9H13FN2.C2H6/c1-2-7-3-5-8(6-4-7)15-10(13,14)9(11)12;1-7-3-5-9(6-4-7)10(12,13)8(2)11;1-3-4-5-9-11-7(2)6-8(10)12-9;1-2/h2-6,9H,1H2;3-6,8H,1-2H3;6H,3-5H2,1-2H3;1-2H3. The van der Waals surface area contributed by atoms with Crippen molar-refractivity contribution in [1.82, 2.24) is 9.97 Å². The molecule has 0 bridgehead atoms. The first-order chi connectivity index (χ1) is 19.6. The van der Waals surface area contributed by atoms with E-state index in [2.05, 4.69) is 28.2 Å². The molecule has 0 aliphatic carbocycles. The van der Waals surface area contributed by atoms with Crippen LogP contribution >= 0.6 is 0 Å². The molecule has 11 heteroatoms. The molecular formula is C31H38F8N2O. The molecule has 0 aliphatic heterocycles. The Morgan fingerprint density at radius 1 is 0.905 bits per heavy atom. The first-order valence-electron chi connectivity index (χ1n) is 13.3. The number of ether oxygens (including phenoxy) is 1. The number of alkyl halides is 7. The lowest BCUT2D eigenvalue weighted by molar-refractivity contribution is -0.253. The highest BCUT2D eigenvalue weighted by Crippen LogP contribution is 2.33. The lowest BCUT2D eigenvalue weighted by Gasteiger charge is -2.17. The van der Waals surface area contributed by atoms with E-state index in [1.165, 1.54) is 48.5 Å². The maximum absolute atomic E-state index is 13.0. The maximum Gasteiger partial charge on any atom is 0.461 e. The van der Waals surface area contributed by atoms with Crippen molar-refractivity contribution in [2.45, 2.75) is 85.4 Å². The molecule has 0 radical (unpaired) electrons. The van der Waals surface area contributed by atoms with Crippen LogP contribution in [0.25, 0.3) is 6.08 Å². The van der Waals surface area contributed by atoms with Gasteiger partial charge in [0.15, 0.2) is 6.17 Å². The van der Waals surface area contributed by atoms with Gasteiger partial charge in [-0.2, -0.15) is 30.7 Å². The van der Waals surface area contributed by atoms with E-state index in [4.69, 9.17) is 0 Å². The van der Waals surface area contributed by atoms with Crippen LogP contribution in [0.3, 0.4) is 0 Å². The minimum Gasteiger partial charge on any atom is -0.428 e. The molecule has 1 aromatic heterocycles. The van der Waals surface area contributed by atoms with Crippen molar-refractivity contribution in [2.24, 2.45) is 0 Å². The van der Waals surface area contributed by atoms with E-state index in [-0.39, 0.29) is 11.3 Å². The number of halogens is 8. The number of unbranched alkanes of at least 4 members (excludes halogenated alkanes) is 1. The lowest BCUT2D eigenvalue weighted by atomic mass is 10.0. The Bertz CT molecular complexity index is 1150. The Morgan fingerprint density at radius 2 is 1.45 bits per heavy atom. The van der Waals surface area contributed by atoms with Crippen molar-refractivity contribution in [3.63, 3.8) is 0 Å². The minimum absolute atomic E-state index is 0.270. The Labute approximate surface area is 242 Å². The molecule has 42 heavy (non-hydrogen) atoms. The fraction of sp³-hybridized carbons (Fsp3) is 0.419. The molecule has 3 aromatic rings. The van der Waals surface area contributed by atoms with Gasteiger partial charge in [0, 0.05) is 23.7 Å². The SMILES string of the molecule is C=Cc1ccc(OC(F)(F)C(F)F)cc1.CC.CCCCc1nc(C)cc(F)n1.Cc1ccc(C(F)(F)C(C)F)cc1. The molecule has 3 rings (SSSR count). The van der Waals surface area contributed by atoms with Gasteiger partial charge in [0.25, 0.3) is 0 Å². The van der Waals surface area contributed by atoms with E-state index in [1.54, 1.807) is 26.0 Å². The highest BCUT2D eigenvalue weighted by Gasteiger charge is 2.44. The molecule has 0 amide bonds. The smallest absolute Gasteiger partial charge is 0.428 e. The number of hydrogen-bond acceptors (Lipinski definition) is 3. The van der Waals surface area contributed by atoms with Crippen molar-refractivity contribution < 1.29 is 39.9 Å². The summed E-state index contributed by atoms with van der Waals surface area (Å²) in [5.41, 5.74) is 2.00. The van der Waals surface area contributed by atoms with Gasteiger partial charge >= 0.3 is 18.5 Å². The predicted octanol–water partition coefficient (Wildman–Crippen LogP) is 10.3. The Kier molecular flexibility index (Phi) is 17.3. The number of aryl methyl sites for hydroxylation is 3. The lowest BCUT2D eigenvalue weighted by Crippen LogP contribution is -2.33. The van der Waals surface area contributed by atoms with E-state index in [1.807, 2.05) is 13.8 Å². The Hall–Kier alpha value is -3.50. The summed E-state index contributed by atoms with van der Waals surface area (Å²) in [6.45, 7) is 14.0. The number of benzene rings is 2. The number of nitrogens with zero attached hydrogens (tertiary/aromatic N) is 2. The summed E-state index contributed by atoms with van der Waals surface area (Å²) in [4.78, 5) is 7.81. The third-order valence-corrected chi connectivity index (χ3v) is 5.18. The van der Waals surface area contributed by atoms with E-state index >= 15 is 0 Å². The van der Waals surface area contributed by atoms with Crippen LogP contribution in [0.15, 0.2) is 61.2 Å². The van der Waals surface area contributed by atoms with Gasteiger partial charge in [-0.05, 0) is 44.9 Å². The summed E-state index contributed by atoms with van der Waals surface area (Å²) in [5.74, 6) is -3.50. The van der Waals surface area contributed by atoms with Crippen LogP contribution in [0.4, 0.5) is 35.1 Å². The zero-order valence-electron chi connectivity index (χ0n) is 24.6. The third-order valence-electron chi connectivity index (χ3n) is 5.18. The summed E-state index contributed by atoms with van der Waals surface area (Å²) in [5, 5.41) is 0. The fourth-order valence-electron chi connectivity index (χ4n) is 2.91. The van der Waals surface area contributed by atoms with Crippen LogP contribution in [0, 0.1) is 19.8 Å². The van der Waals surface area contributed by atoms with E-state index in [0.29, 0.717) is 17.1 Å². The normalized spacial score (nSPS) is 11.6. The van der Waals surface area contributed by atoms with Gasteiger partial charge in [0.05, 0.1) is 0 Å². The minimum atomic E-state index is -4.46. The Morgan fingerprint density at radius 3 is 1.88 bits per heavy atom. The van der Waals surface area contributed by atoms with Crippen molar-refractivity contribution in [3.05, 3.63) is 95.3 Å². The fourth-order valence-corrected chi connectivity index (χ4v) is 2.91. The first kappa shape index (κ1) is 38.5. The summed E-state index contributed by atoms with van der Waals surface area (Å²) in [7, 11) is 0. The van der Waals surface area contributed by atoms with Gasteiger partial charge in [-0.1, -0.05) is 81.8 Å². The Balaban J connectivity index is 0.000000586. The molecule has 0 aliphatic rings. The molecule has 1 heterocycles. The molecule has 0 saturated carbocycles. The van der Waals surface area contributed by atoms with Crippen LogP contribution < -0.4 is 4.74 Å². The van der Waals surface area contributed by atoms with Gasteiger partial charge in [-0.15, -0.1) is 0 Å². The second-order valence-electron chi connectivity index (χ2n) is 8.69. The first-order valence-corrected chi connectivity index (χ1v) is 13.3.